The number of benzene rings is 1. The number of rotatable bonds is 5. The van der Waals surface area contributed by atoms with Gasteiger partial charge in [0.15, 0.2) is 5.82 Å². The Morgan fingerprint density at radius 2 is 2.08 bits per heavy atom. The summed E-state index contributed by atoms with van der Waals surface area (Å²) < 4.78 is 12.8. The minimum atomic E-state index is 0.294. The zero-order chi connectivity index (χ0) is 16.4. The van der Waals surface area contributed by atoms with E-state index in [-0.39, 0.29) is 0 Å². The third-order valence-electron chi connectivity index (χ3n) is 3.45. The van der Waals surface area contributed by atoms with Gasteiger partial charge < -0.3 is 9.47 Å². The molecule has 0 bridgehead atoms. The van der Waals surface area contributed by atoms with Crippen LogP contribution in [0.25, 0.3) is 0 Å². The summed E-state index contributed by atoms with van der Waals surface area (Å²) in [5.41, 5.74) is 1.03. The molecule has 3 heterocycles. The molecular weight excluding hydrogens is 344 g/mol. The Bertz CT molecular complexity index is 874. The summed E-state index contributed by atoms with van der Waals surface area (Å²) in [6.07, 6.45) is 0. The van der Waals surface area contributed by atoms with Gasteiger partial charge in [-0.3, -0.25) is 0 Å². The number of ether oxygens (including phenoxy) is 2. The van der Waals surface area contributed by atoms with Gasteiger partial charge in [0.1, 0.15) is 18.1 Å². The highest BCUT2D eigenvalue weighted by Gasteiger charge is 2.20. The minimum absolute atomic E-state index is 0.294. The molecule has 0 fully saturated rings. The van der Waals surface area contributed by atoms with Crippen LogP contribution in [-0.2, 0) is 6.61 Å². The molecule has 2 aromatic heterocycles. The molecular formula is C16H14N4O2S2. The fourth-order valence-electron chi connectivity index (χ4n) is 2.26. The molecule has 0 saturated heterocycles. The van der Waals surface area contributed by atoms with Crippen molar-refractivity contribution in [1.29, 1.82) is 0 Å². The second-order valence-corrected chi connectivity index (χ2v) is 6.88. The van der Waals surface area contributed by atoms with Gasteiger partial charge in [0.05, 0.1) is 17.7 Å². The SMILES string of the molecule is COc1cccc(OCc2nnc3n2N=C(c2cccs2)CS3)c1. The third kappa shape index (κ3) is 3.02. The number of hydrogen-bond acceptors (Lipinski definition) is 7. The van der Waals surface area contributed by atoms with E-state index in [0.29, 0.717) is 12.4 Å². The Labute approximate surface area is 147 Å². The Balaban J connectivity index is 1.55. The molecule has 0 saturated carbocycles. The van der Waals surface area contributed by atoms with Crippen molar-refractivity contribution in [1.82, 2.24) is 14.9 Å². The minimum Gasteiger partial charge on any atom is -0.497 e. The summed E-state index contributed by atoms with van der Waals surface area (Å²) in [5, 5.41) is 15.9. The molecule has 0 amide bonds. The Morgan fingerprint density at radius 1 is 1.17 bits per heavy atom. The molecule has 122 valence electrons. The largest absolute Gasteiger partial charge is 0.497 e. The maximum atomic E-state index is 5.81. The van der Waals surface area contributed by atoms with Crippen molar-refractivity contribution in [2.45, 2.75) is 11.8 Å². The van der Waals surface area contributed by atoms with Crippen molar-refractivity contribution in [2.75, 3.05) is 12.9 Å². The van der Waals surface area contributed by atoms with Gasteiger partial charge >= 0.3 is 0 Å². The van der Waals surface area contributed by atoms with E-state index in [1.807, 2.05) is 30.3 Å². The lowest BCUT2D eigenvalue weighted by Crippen LogP contribution is -2.14. The Morgan fingerprint density at radius 3 is 2.92 bits per heavy atom. The molecule has 1 aliphatic rings. The van der Waals surface area contributed by atoms with Crippen LogP contribution in [0.3, 0.4) is 0 Å². The van der Waals surface area contributed by atoms with Crippen LogP contribution in [-0.4, -0.2) is 33.4 Å². The molecule has 4 rings (SSSR count). The highest BCUT2D eigenvalue weighted by molar-refractivity contribution is 7.99. The van der Waals surface area contributed by atoms with Gasteiger partial charge in [-0.25, -0.2) is 0 Å². The van der Waals surface area contributed by atoms with Crippen molar-refractivity contribution >= 4 is 28.8 Å². The number of aromatic nitrogens is 3. The van der Waals surface area contributed by atoms with Crippen LogP contribution >= 0.6 is 23.1 Å². The Hall–Kier alpha value is -2.32. The molecule has 6 nitrogen and oxygen atoms in total. The summed E-state index contributed by atoms with van der Waals surface area (Å²) in [5.74, 6) is 2.95. The van der Waals surface area contributed by atoms with E-state index < -0.39 is 0 Å². The van der Waals surface area contributed by atoms with Crippen molar-refractivity contribution in [3.63, 3.8) is 0 Å². The summed E-state index contributed by atoms with van der Waals surface area (Å²) in [7, 11) is 1.63. The predicted octanol–water partition coefficient (Wildman–Crippen LogP) is 3.29. The number of thiophene rings is 1. The van der Waals surface area contributed by atoms with E-state index in [0.717, 1.165) is 28.1 Å². The predicted molar refractivity (Wildman–Crippen MR) is 94.3 cm³/mol. The molecule has 8 heteroatoms. The first-order chi connectivity index (χ1) is 11.8. The van der Waals surface area contributed by atoms with Crippen LogP contribution in [0.1, 0.15) is 10.7 Å². The summed E-state index contributed by atoms with van der Waals surface area (Å²) in [4.78, 5) is 1.17. The first-order valence-electron chi connectivity index (χ1n) is 7.29. The average molecular weight is 358 g/mol. The van der Waals surface area contributed by atoms with Gasteiger partial charge in [0, 0.05) is 11.8 Å². The summed E-state index contributed by atoms with van der Waals surface area (Å²) in [6.45, 7) is 0.294. The fourth-order valence-corrected chi connectivity index (χ4v) is 3.91. The quantitative estimate of drug-likeness (QED) is 0.700. The van der Waals surface area contributed by atoms with Gasteiger partial charge in [0.25, 0.3) is 0 Å². The lowest BCUT2D eigenvalue weighted by atomic mass is 10.3. The third-order valence-corrected chi connectivity index (χ3v) is 5.30. The van der Waals surface area contributed by atoms with Crippen LogP contribution in [0.2, 0.25) is 0 Å². The van der Waals surface area contributed by atoms with Gasteiger partial charge in [-0.2, -0.15) is 9.78 Å². The second-order valence-electron chi connectivity index (χ2n) is 4.99. The standard InChI is InChI=1S/C16H14N4O2S2/c1-21-11-4-2-5-12(8-11)22-9-15-17-18-16-20(15)19-13(10-24-16)14-6-3-7-23-14/h2-8H,9-10H2,1H3. The smallest absolute Gasteiger partial charge is 0.212 e. The lowest BCUT2D eigenvalue weighted by Gasteiger charge is -2.13. The second kappa shape index (κ2) is 6.66. The number of methoxy groups -OCH3 is 1. The normalized spacial score (nSPS) is 13.3. The fraction of sp³-hybridized carbons (Fsp3) is 0.188. The topological polar surface area (TPSA) is 61.5 Å². The molecule has 24 heavy (non-hydrogen) atoms. The molecule has 1 aromatic carbocycles. The first-order valence-corrected chi connectivity index (χ1v) is 9.15. The molecule has 0 unspecified atom stereocenters. The molecule has 0 aliphatic carbocycles. The first kappa shape index (κ1) is 15.2. The molecule has 3 aromatic rings. The summed E-state index contributed by atoms with van der Waals surface area (Å²) >= 11 is 3.32. The van der Waals surface area contributed by atoms with Crippen LogP contribution in [0, 0.1) is 0 Å². The van der Waals surface area contributed by atoms with Gasteiger partial charge in [-0.15, -0.1) is 21.5 Å². The maximum absolute atomic E-state index is 5.81. The van der Waals surface area contributed by atoms with Crippen LogP contribution in [0.5, 0.6) is 11.5 Å². The van der Waals surface area contributed by atoms with Crippen molar-refractivity contribution in [3.05, 3.63) is 52.5 Å². The highest BCUT2D eigenvalue weighted by atomic mass is 32.2. The highest BCUT2D eigenvalue weighted by Crippen LogP contribution is 2.26. The van der Waals surface area contributed by atoms with Gasteiger partial charge in [-0.1, -0.05) is 23.9 Å². The van der Waals surface area contributed by atoms with Crippen LogP contribution < -0.4 is 9.47 Å². The zero-order valence-electron chi connectivity index (χ0n) is 12.9. The van der Waals surface area contributed by atoms with Crippen molar-refractivity contribution < 1.29 is 9.47 Å². The van der Waals surface area contributed by atoms with E-state index in [1.54, 1.807) is 34.9 Å². The monoisotopic (exact) mass is 358 g/mol. The summed E-state index contributed by atoms with van der Waals surface area (Å²) in [6, 6.07) is 11.6. The molecule has 1 aliphatic heterocycles. The van der Waals surface area contributed by atoms with E-state index in [2.05, 4.69) is 26.7 Å². The van der Waals surface area contributed by atoms with Crippen molar-refractivity contribution in [2.24, 2.45) is 5.10 Å². The molecule has 0 radical (unpaired) electrons. The zero-order valence-corrected chi connectivity index (χ0v) is 14.5. The van der Waals surface area contributed by atoms with Crippen LogP contribution in [0.15, 0.2) is 52.0 Å². The number of nitrogens with zero attached hydrogens (tertiary/aromatic N) is 4. The number of thioether (sulfide) groups is 1. The van der Waals surface area contributed by atoms with E-state index in [1.165, 1.54) is 4.88 Å². The van der Waals surface area contributed by atoms with Crippen molar-refractivity contribution in [3.8, 4) is 11.5 Å². The van der Waals surface area contributed by atoms with Gasteiger partial charge in [-0.05, 0) is 23.6 Å². The number of fused-ring (bicyclic) bond motifs is 1. The average Bonchev–Trinajstić information content (AvgIpc) is 3.29. The molecule has 0 atom stereocenters. The molecule has 0 spiro atoms. The van der Waals surface area contributed by atoms with Crippen LogP contribution in [0.4, 0.5) is 0 Å². The Kier molecular flexibility index (Phi) is 4.22. The molecule has 0 N–H and O–H groups in total. The number of hydrogen-bond donors (Lipinski definition) is 0. The van der Waals surface area contributed by atoms with E-state index in [9.17, 15) is 0 Å². The maximum Gasteiger partial charge on any atom is 0.212 e. The lowest BCUT2D eigenvalue weighted by molar-refractivity contribution is 0.288. The van der Waals surface area contributed by atoms with E-state index >= 15 is 0 Å². The van der Waals surface area contributed by atoms with Gasteiger partial charge in [0.2, 0.25) is 5.16 Å². The van der Waals surface area contributed by atoms with E-state index in [4.69, 9.17) is 9.47 Å².